The smallest absolute Gasteiger partial charge is 0.347 e. The minimum absolute atomic E-state index is 0.307. The molecule has 0 radical (unpaired) electrons. The van der Waals surface area contributed by atoms with Crippen molar-refractivity contribution < 1.29 is 17.9 Å². The van der Waals surface area contributed by atoms with Gasteiger partial charge in [0.1, 0.15) is 11.3 Å². The summed E-state index contributed by atoms with van der Waals surface area (Å²) in [6, 6.07) is 13.8. The van der Waals surface area contributed by atoms with Gasteiger partial charge in [-0.2, -0.15) is 5.10 Å². The predicted octanol–water partition coefficient (Wildman–Crippen LogP) is 3.08. The van der Waals surface area contributed by atoms with Crippen LogP contribution in [0.4, 0.5) is 5.69 Å². The zero-order chi connectivity index (χ0) is 19.6. The van der Waals surface area contributed by atoms with Crippen molar-refractivity contribution in [2.24, 2.45) is 0 Å². The highest BCUT2D eigenvalue weighted by atomic mass is 32.2. The van der Waals surface area contributed by atoms with Crippen LogP contribution < -0.4 is 9.46 Å². The summed E-state index contributed by atoms with van der Waals surface area (Å²) < 4.78 is 31.9. The van der Waals surface area contributed by atoms with Crippen molar-refractivity contribution >= 4 is 21.7 Å². The van der Waals surface area contributed by atoms with Gasteiger partial charge in [-0.05, 0) is 49.7 Å². The summed E-state index contributed by atoms with van der Waals surface area (Å²) in [7, 11) is -3.36. The number of anilines is 1. The minimum Gasteiger partial charge on any atom is -0.423 e. The predicted molar refractivity (Wildman–Crippen MR) is 103 cm³/mol. The Morgan fingerprint density at radius 1 is 1.07 bits per heavy atom. The van der Waals surface area contributed by atoms with Gasteiger partial charge in [-0.15, -0.1) is 0 Å². The first-order valence-electron chi connectivity index (χ1n) is 8.15. The number of nitrogens with zero attached hydrogens (tertiary/aromatic N) is 2. The molecule has 1 N–H and O–H groups in total. The molecule has 0 saturated carbocycles. The van der Waals surface area contributed by atoms with E-state index in [1.54, 1.807) is 11.6 Å². The lowest BCUT2D eigenvalue weighted by Crippen LogP contribution is -2.11. The molecule has 27 heavy (non-hydrogen) atoms. The van der Waals surface area contributed by atoms with Gasteiger partial charge < -0.3 is 4.74 Å². The number of ether oxygens (including phenoxy) is 1. The van der Waals surface area contributed by atoms with Gasteiger partial charge in [0.15, 0.2) is 0 Å². The van der Waals surface area contributed by atoms with E-state index in [0.717, 1.165) is 17.5 Å². The van der Waals surface area contributed by atoms with Gasteiger partial charge in [0.05, 0.1) is 23.8 Å². The molecule has 0 aliphatic rings. The van der Waals surface area contributed by atoms with Crippen LogP contribution in [0.15, 0.2) is 54.7 Å². The molecule has 2 aromatic carbocycles. The summed E-state index contributed by atoms with van der Waals surface area (Å²) in [6.07, 6.45) is 2.54. The van der Waals surface area contributed by atoms with E-state index in [0.29, 0.717) is 22.7 Å². The fourth-order valence-corrected chi connectivity index (χ4v) is 3.19. The van der Waals surface area contributed by atoms with Crippen molar-refractivity contribution in [3.8, 4) is 11.4 Å². The van der Waals surface area contributed by atoms with E-state index in [-0.39, 0.29) is 0 Å². The zero-order valence-corrected chi connectivity index (χ0v) is 15.9. The van der Waals surface area contributed by atoms with Gasteiger partial charge in [0.2, 0.25) is 10.0 Å². The maximum absolute atomic E-state index is 12.5. The molecular formula is C19H19N3O4S. The van der Waals surface area contributed by atoms with E-state index in [2.05, 4.69) is 9.82 Å². The monoisotopic (exact) mass is 385 g/mol. The quantitative estimate of drug-likeness (QED) is 0.538. The molecule has 0 bridgehead atoms. The van der Waals surface area contributed by atoms with Gasteiger partial charge in [-0.3, -0.25) is 4.72 Å². The van der Waals surface area contributed by atoms with Gasteiger partial charge in [-0.25, -0.2) is 17.9 Å². The van der Waals surface area contributed by atoms with Crippen molar-refractivity contribution in [2.75, 3.05) is 11.0 Å². The Morgan fingerprint density at radius 2 is 1.74 bits per heavy atom. The molecular weight excluding hydrogens is 366 g/mol. The topological polar surface area (TPSA) is 90.3 Å². The first kappa shape index (κ1) is 18.7. The van der Waals surface area contributed by atoms with Crippen molar-refractivity contribution in [2.45, 2.75) is 13.8 Å². The first-order valence-corrected chi connectivity index (χ1v) is 10.0. The number of aromatic nitrogens is 2. The summed E-state index contributed by atoms with van der Waals surface area (Å²) in [5, 5.41) is 4.30. The first-order chi connectivity index (χ1) is 12.7. The third kappa shape index (κ3) is 4.35. The number of rotatable bonds is 5. The summed E-state index contributed by atoms with van der Waals surface area (Å²) in [6.45, 7) is 3.77. The number of esters is 1. The van der Waals surface area contributed by atoms with Crippen molar-refractivity contribution in [3.05, 3.63) is 71.5 Å². The number of benzene rings is 2. The maximum atomic E-state index is 12.5. The number of carbonyl (C=O) groups excluding carboxylic acids is 1. The van der Waals surface area contributed by atoms with Crippen LogP contribution in [-0.4, -0.2) is 30.4 Å². The second-order valence-electron chi connectivity index (χ2n) is 6.13. The van der Waals surface area contributed by atoms with Crippen LogP contribution in [-0.2, 0) is 10.0 Å². The van der Waals surface area contributed by atoms with E-state index < -0.39 is 16.0 Å². The van der Waals surface area contributed by atoms with E-state index >= 15 is 0 Å². The number of hydrogen-bond acceptors (Lipinski definition) is 5. The lowest BCUT2D eigenvalue weighted by atomic mass is 10.2. The van der Waals surface area contributed by atoms with Crippen LogP contribution in [0.25, 0.3) is 5.69 Å². The molecule has 3 rings (SSSR count). The molecule has 0 aliphatic heterocycles. The fraction of sp³-hybridized carbons (Fsp3) is 0.158. The summed E-state index contributed by atoms with van der Waals surface area (Å²) in [5.41, 5.74) is 3.35. The summed E-state index contributed by atoms with van der Waals surface area (Å²) in [4.78, 5) is 12.5. The Balaban J connectivity index is 1.78. The second-order valence-corrected chi connectivity index (χ2v) is 7.88. The molecule has 0 atom stereocenters. The van der Waals surface area contributed by atoms with E-state index in [4.69, 9.17) is 4.74 Å². The number of carbonyl (C=O) groups is 1. The average molecular weight is 385 g/mol. The standard InChI is InChI=1S/C19H19N3O4S/c1-13-6-4-5-7-18(13)22-14(2)17(12-20-22)19(23)26-16-10-8-15(9-11-16)21-27(3,24)25/h4-12,21H,1-3H3. The minimum atomic E-state index is -3.36. The molecule has 3 aromatic rings. The van der Waals surface area contributed by atoms with Crippen LogP contribution in [0.3, 0.4) is 0 Å². The molecule has 0 amide bonds. The zero-order valence-electron chi connectivity index (χ0n) is 15.1. The Labute approximate surface area is 157 Å². The van der Waals surface area contributed by atoms with Gasteiger partial charge in [-0.1, -0.05) is 18.2 Å². The lowest BCUT2D eigenvalue weighted by Gasteiger charge is -2.09. The van der Waals surface area contributed by atoms with E-state index in [1.807, 2.05) is 31.2 Å². The normalized spacial score (nSPS) is 11.2. The molecule has 140 valence electrons. The lowest BCUT2D eigenvalue weighted by molar-refractivity contribution is 0.0734. The molecule has 0 saturated heterocycles. The molecule has 8 heteroatoms. The maximum Gasteiger partial charge on any atom is 0.347 e. The highest BCUT2D eigenvalue weighted by Crippen LogP contribution is 2.21. The third-order valence-electron chi connectivity index (χ3n) is 3.94. The van der Waals surface area contributed by atoms with Gasteiger partial charge >= 0.3 is 5.97 Å². The third-order valence-corrected chi connectivity index (χ3v) is 4.55. The molecule has 0 spiro atoms. The summed E-state index contributed by atoms with van der Waals surface area (Å²) in [5.74, 6) is -0.224. The Morgan fingerprint density at radius 3 is 2.37 bits per heavy atom. The molecule has 0 aliphatic carbocycles. The number of para-hydroxylation sites is 1. The van der Waals surface area contributed by atoms with Crippen molar-refractivity contribution in [1.82, 2.24) is 9.78 Å². The van der Waals surface area contributed by atoms with Crippen LogP contribution in [0.5, 0.6) is 5.75 Å². The van der Waals surface area contributed by atoms with Gasteiger partial charge in [0, 0.05) is 5.69 Å². The molecule has 1 heterocycles. The van der Waals surface area contributed by atoms with E-state index in [1.165, 1.54) is 30.5 Å². The second kappa shape index (κ2) is 7.24. The van der Waals surface area contributed by atoms with Crippen molar-refractivity contribution in [3.63, 3.8) is 0 Å². The van der Waals surface area contributed by atoms with Crippen LogP contribution in [0, 0.1) is 13.8 Å². The molecule has 7 nitrogen and oxygen atoms in total. The summed E-state index contributed by atoms with van der Waals surface area (Å²) >= 11 is 0. The number of sulfonamides is 1. The molecule has 1 aromatic heterocycles. The molecule has 0 fully saturated rings. The number of aryl methyl sites for hydroxylation is 1. The fourth-order valence-electron chi connectivity index (χ4n) is 2.62. The largest absolute Gasteiger partial charge is 0.423 e. The van der Waals surface area contributed by atoms with Crippen molar-refractivity contribution in [1.29, 1.82) is 0 Å². The van der Waals surface area contributed by atoms with Crippen LogP contribution in [0.1, 0.15) is 21.6 Å². The molecule has 0 unspecified atom stereocenters. The average Bonchev–Trinajstić information content (AvgIpc) is 2.97. The highest BCUT2D eigenvalue weighted by Gasteiger charge is 2.18. The number of hydrogen-bond donors (Lipinski definition) is 1. The SMILES string of the molecule is Cc1ccccc1-n1ncc(C(=O)Oc2ccc(NS(C)(=O)=O)cc2)c1C. The number of nitrogens with one attached hydrogen (secondary N) is 1. The van der Waals surface area contributed by atoms with Crippen LogP contribution >= 0.6 is 0 Å². The van der Waals surface area contributed by atoms with Crippen LogP contribution in [0.2, 0.25) is 0 Å². The Kier molecular flexibility index (Phi) is 5.00. The van der Waals surface area contributed by atoms with Gasteiger partial charge in [0.25, 0.3) is 0 Å². The van der Waals surface area contributed by atoms with E-state index in [9.17, 15) is 13.2 Å². The Bertz CT molecular complexity index is 1090. The Hall–Kier alpha value is -3.13. The highest BCUT2D eigenvalue weighted by molar-refractivity contribution is 7.92.